The summed E-state index contributed by atoms with van der Waals surface area (Å²) >= 11 is 0. The van der Waals surface area contributed by atoms with E-state index in [0.29, 0.717) is 31.1 Å². The van der Waals surface area contributed by atoms with Crippen LogP contribution in [0.25, 0.3) is 5.69 Å². The van der Waals surface area contributed by atoms with Crippen molar-refractivity contribution >= 4 is 5.91 Å². The number of hydrogen-bond donors (Lipinski definition) is 0. The van der Waals surface area contributed by atoms with E-state index < -0.39 is 0 Å². The molecule has 0 saturated heterocycles. The molecule has 4 rings (SSSR count). The number of hydrogen-bond acceptors (Lipinski definition) is 3. The van der Waals surface area contributed by atoms with Crippen molar-refractivity contribution < 1.29 is 9.18 Å². The number of benzene rings is 1. The molecule has 1 fully saturated rings. The van der Waals surface area contributed by atoms with Crippen molar-refractivity contribution in [3.63, 3.8) is 0 Å². The molecule has 2 heterocycles. The fraction of sp³-hybridized carbons (Fsp3) is 0.400. The molecule has 7 heteroatoms. The molecule has 2 aliphatic rings. The molecule has 0 bridgehead atoms. The van der Waals surface area contributed by atoms with Gasteiger partial charge in [-0.15, -0.1) is 5.10 Å². The van der Waals surface area contributed by atoms with E-state index in [4.69, 9.17) is 0 Å². The molecule has 1 saturated carbocycles. The lowest BCUT2D eigenvalue weighted by Gasteiger charge is -2.26. The summed E-state index contributed by atoms with van der Waals surface area (Å²) in [6.45, 7) is 1.35. The molecule has 1 aliphatic carbocycles. The number of amides is 1. The van der Waals surface area contributed by atoms with Crippen molar-refractivity contribution in [3.8, 4) is 5.69 Å². The van der Waals surface area contributed by atoms with Gasteiger partial charge in [-0.05, 0) is 37.1 Å². The summed E-state index contributed by atoms with van der Waals surface area (Å²) < 4.78 is 15.8. The van der Waals surface area contributed by atoms with E-state index in [1.54, 1.807) is 9.47 Å². The number of fused-ring (bicyclic) bond motifs is 1. The van der Waals surface area contributed by atoms with Crippen LogP contribution < -0.4 is 5.69 Å². The Labute approximate surface area is 125 Å². The summed E-state index contributed by atoms with van der Waals surface area (Å²) in [5.41, 5.74) is 0.272. The summed E-state index contributed by atoms with van der Waals surface area (Å²) in [6, 6.07) is 5.62. The average Bonchev–Trinajstić information content (AvgIpc) is 3.32. The number of rotatable bonds is 2. The lowest BCUT2D eigenvalue weighted by Crippen LogP contribution is -2.41. The average molecular weight is 302 g/mol. The van der Waals surface area contributed by atoms with Crippen LogP contribution in [0.2, 0.25) is 0 Å². The zero-order valence-corrected chi connectivity index (χ0v) is 11.9. The van der Waals surface area contributed by atoms with Gasteiger partial charge in [-0.3, -0.25) is 9.36 Å². The van der Waals surface area contributed by atoms with Gasteiger partial charge in [0.05, 0.1) is 12.2 Å². The van der Waals surface area contributed by atoms with Crippen molar-refractivity contribution in [1.82, 2.24) is 19.2 Å². The van der Waals surface area contributed by atoms with Crippen LogP contribution in [0, 0.1) is 11.7 Å². The first kappa shape index (κ1) is 13.2. The molecule has 6 nitrogen and oxygen atoms in total. The maximum Gasteiger partial charge on any atom is 0.350 e. The maximum absolute atomic E-state index is 13.0. The van der Waals surface area contributed by atoms with Gasteiger partial charge in [-0.25, -0.2) is 9.18 Å². The zero-order chi connectivity index (χ0) is 15.3. The Kier molecular flexibility index (Phi) is 2.88. The number of carbonyl (C=O) groups is 1. The standard InChI is InChI=1S/C15H15FN4O2/c16-11-3-5-12(6-4-11)20-15(22)19-8-7-18(9-13(19)17-20)14(21)10-1-2-10/h3-6,10H,1-2,7-9H2. The predicted molar refractivity (Wildman–Crippen MR) is 75.9 cm³/mol. The Morgan fingerprint density at radius 1 is 1.18 bits per heavy atom. The fourth-order valence-corrected chi connectivity index (χ4v) is 2.78. The van der Waals surface area contributed by atoms with Gasteiger partial charge in [-0.2, -0.15) is 4.68 Å². The van der Waals surface area contributed by atoms with Gasteiger partial charge in [0.25, 0.3) is 0 Å². The summed E-state index contributed by atoms with van der Waals surface area (Å²) in [5.74, 6) is 0.545. The molecule has 1 amide bonds. The Hall–Kier alpha value is -2.44. The molecule has 22 heavy (non-hydrogen) atoms. The van der Waals surface area contributed by atoms with E-state index >= 15 is 0 Å². The third-order valence-electron chi connectivity index (χ3n) is 4.17. The fourth-order valence-electron chi connectivity index (χ4n) is 2.78. The summed E-state index contributed by atoms with van der Waals surface area (Å²) in [6.07, 6.45) is 1.93. The highest BCUT2D eigenvalue weighted by Gasteiger charge is 2.35. The topological polar surface area (TPSA) is 60.1 Å². The van der Waals surface area contributed by atoms with Crippen molar-refractivity contribution in [2.75, 3.05) is 6.54 Å². The van der Waals surface area contributed by atoms with Crippen LogP contribution in [0.4, 0.5) is 4.39 Å². The monoisotopic (exact) mass is 302 g/mol. The zero-order valence-electron chi connectivity index (χ0n) is 11.9. The molecule has 0 N–H and O–H groups in total. The second kappa shape index (κ2) is 4.79. The first-order chi connectivity index (χ1) is 10.6. The Bertz CT molecular complexity index is 789. The minimum Gasteiger partial charge on any atom is -0.333 e. The molecule has 114 valence electrons. The second-order valence-corrected chi connectivity index (χ2v) is 5.77. The van der Waals surface area contributed by atoms with E-state index in [9.17, 15) is 14.0 Å². The van der Waals surface area contributed by atoms with Gasteiger partial charge in [0.2, 0.25) is 5.91 Å². The van der Waals surface area contributed by atoms with Crippen molar-refractivity contribution in [3.05, 3.63) is 46.4 Å². The minimum atomic E-state index is -0.359. The molecule has 1 aromatic carbocycles. The molecular formula is C15H15FN4O2. The Balaban J connectivity index is 1.66. The predicted octanol–water partition coefficient (Wildman–Crippen LogP) is 0.925. The van der Waals surface area contributed by atoms with Crippen LogP contribution in [-0.4, -0.2) is 31.7 Å². The molecule has 0 unspecified atom stereocenters. The molecule has 2 aromatic rings. The summed E-state index contributed by atoms with van der Waals surface area (Å²) in [7, 11) is 0. The number of nitrogens with zero attached hydrogens (tertiary/aromatic N) is 4. The van der Waals surface area contributed by atoms with Crippen molar-refractivity contribution in [1.29, 1.82) is 0 Å². The Morgan fingerprint density at radius 2 is 1.91 bits per heavy atom. The van der Waals surface area contributed by atoms with E-state index in [1.165, 1.54) is 28.9 Å². The quantitative estimate of drug-likeness (QED) is 0.829. The van der Waals surface area contributed by atoms with Gasteiger partial charge in [0.15, 0.2) is 5.82 Å². The largest absolute Gasteiger partial charge is 0.350 e. The van der Waals surface area contributed by atoms with Crippen molar-refractivity contribution in [2.45, 2.75) is 25.9 Å². The molecule has 0 spiro atoms. The number of halogens is 1. The van der Waals surface area contributed by atoms with Crippen LogP contribution in [-0.2, 0) is 17.9 Å². The van der Waals surface area contributed by atoms with E-state index in [2.05, 4.69) is 5.10 Å². The van der Waals surface area contributed by atoms with E-state index in [0.717, 1.165) is 12.8 Å². The lowest BCUT2D eigenvalue weighted by atomic mass is 10.3. The minimum absolute atomic E-state index is 0.162. The third-order valence-corrected chi connectivity index (χ3v) is 4.17. The van der Waals surface area contributed by atoms with Crippen molar-refractivity contribution in [2.24, 2.45) is 5.92 Å². The highest BCUT2D eigenvalue weighted by molar-refractivity contribution is 5.81. The molecule has 0 radical (unpaired) electrons. The smallest absolute Gasteiger partial charge is 0.333 e. The van der Waals surface area contributed by atoms with E-state index in [-0.39, 0.29) is 23.3 Å². The highest BCUT2D eigenvalue weighted by Crippen LogP contribution is 2.31. The SMILES string of the molecule is O=C(C1CC1)N1CCn2c(nn(-c3ccc(F)cc3)c2=O)C1. The van der Waals surface area contributed by atoms with Crippen LogP contribution in [0.1, 0.15) is 18.7 Å². The van der Waals surface area contributed by atoms with Crippen LogP contribution in [0.15, 0.2) is 29.1 Å². The molecule has 1 aromatic heterocycles. The number of carbonyl (C=O) groups excluding carboxylic acids is 1. The van der Waals surface area contributed by atoms with Crippen LogP contribution in [0.5, 0.6) is 0 Å². The normalized spacial score (nSPS) is 17.4. The van der Waals surface area contributed by atoms with Crippen LogP contribution >= 0.6 is 0 Å². The van der Waals surface area contributed by atoms with E-state index in [1.807, 2.05) is 0 Å². The molecular weight excluding hydrogens is 287 g/mol. The molecule has 0 atom stereocenters. The maximum atomic E-state index is 13.0. The van der Waals surface area contributed by atoms with Gasteiger partial charge in [-0.1, -0.05) is 0 Å². The van der Waals surface area contributed by atoms with Gasteiger partial charge in [0, 0.05) is 19.0 Å². The first-order valence-corrected chi connectivity index (χ1v) is 7.37. The first-order valence-electron chi connectivity index (χ1n) is 7.37. The van der Waals surface area contributed by atoms with Crippen LogP contribution in [0.3, 0.4) is 0 Å². The van der Waals surface area contributed by atoms with Gasteiger partial charge in [0.1, 0.15) is 5.82 Å². The molecule has 1 aliphatic heterocycles. The van der Waals surface area contributed by atoms with Gasteiger partial charge >= 0.3 is 5.69 Å². The summed E-state index contributed by atoms with van der Waals surface area (Å²) in [4.78, 5) is 26.3. The Morgan fingerprint density at radius 3 is 2.59 bits per heavy atom. The number of aromatic nitrogens is 3. The third kappa shape index (κ3) is 2.13. The lowest BCUT2D eigenvalue weighted by molar-refractivity contribution is -0.134. The highest BCUT2D eigenvalue weighted by atomic mass is 19.1. The second-order valence-electron chi connectivity index (χ2n) is 5.77. The summed E-state index contributed by atoms with van der Waals surface area (Å²) in [5, 5.41) is 4.31. The van der Waals surface area contributed by atoms with Gasteiger partial charge < -0.3 is 4.90 Å².